The standard InChI is InChI=1S/C48H30N2O2/c1-2-12-32-27-34(22-21-31(32)11-1)48-38-26-25-36(49-40-13-3-7-17-44(40)51-45-18-8-4-14-41(45)49)29-35(38)28-33-23-24-37(30-39(33)48)50-42-15-5-9-19-46(42)52-47-20-10-6-16-43(47)50/h1-30H. The number of para-hydroxylation sites is 8. The molecule has 9 aromatic rings. The predicted molar refractivity (Wildman–Crippen MR) is 214 cm³/mol. The molecule has 2 aliphatic rings. The first kappa shape index (κ1) is 28.8. The highest BCUT2D eigenvalue weighted by molar-refractivity contribution is 6.15. The lowest BCUT2D eigenvalue weighted by Gasteiger charge is -2.33. The fourth-order valence-electron chi connectivity index (χ4n) is 8.00. The van der Waals surface area contributed by atoms with Gasteiger partial charge in [0.05, 0.1) is 22.7 Å². The highest BCUT2D eigenvalue weighted by Gasteiger charge is 2.27. The Labute approximate surface area is 300 Å². The fraction of sp³-hybridized carbons (Fsp3) is 0. The highest BCUT2D eigenvalue weighted by Crippen LogP contribution is 2.53. The molecule has 11 rings (SSSR count). The summed E-state index contributed by atoms with van der Waals surface area (Å²) in [5.41, 5.74) is 8.63. The average molecular weight is 667 g/mol. The first-order chi connectivity index (χ1) is 25.8. The lowest BCUT2D eigenvalue weighted by atomic mass is 9.90. The van der Waals surface area contributed by atoms with Crippen molar-refractivity contribution in [2.45, 2.75) is 0 Å². The molecule has 244 valence electrons. The minimum atomic E-state index is 0.841. The van der Waals surface area contributed by atoms with Crippen LogP contribution in [0.4, 0.5) is 34.1 Å². The van der Waals surface area contributed by atoms with Gasteiger partial charge in [0.25, 0.3) is 0 Å². The summed E-state index contributed by atoms with van der Waals surface area (Å²) >= 11 is 0. The summed E-state index contributed by atoms with van der Waals surface area (Å²) in [6.07, 6.45) is 0. The largest absolute Gasteiger partial charge is 0.453 e. The van der Waals surface area contributed by atoms with E-state index in [2.05, 4.69) is 143 Å². The van der Waals surface area contributed by atoms with Crippen LogP contribution in [-0.2, 0) is 0 Å². The number of fused-ring (bicyclic) bond motifs is 7. The van der Waals surface area contributed by atoms with Gasteiger partial charge in [-0.3, -0.25) is 0 Å². The van der Waals surface area contributed by atoms with E-state index in [9.17, 15) is 0 Å². The van der Waals surface area contributed by atoms with Crippen molar-refractivity contribution >= 4 is 66.4 Å². The summed E-state index contributed by atoms with van der Waals surface area (Å²) < 4.78 is 12.7. The lowest BCUT2D eigenvalue weighted by Crippen LogP contribution is -2.15. The van der Waals surface area contributed by atoms with Crippen LogP contribution in [0.2, 0.25) is 0 Å². The van der Waals surface area contributed by atoms with Crippen molar-refractivity contribution in [3.8, 4) is 34.1 Å². The molecule has 0 aliphatic carbocycles. The van der Waals surface area contributed by atoms with E-state index in [0.29, 0.717) is 0 Å². The Balaban J connectivity index is 1.16. The van der Waals surface area contributed by atoms with Gasteiger partial charge in [0, 0.05) is 11.4 Å². The van der Waals surface area contributed by atoms with Gasteiger partial charge in [-0.15, -0.1) is 0 Å². The van der Waals surface area contributed by atoms with Gasteiger partial charge in [0.2, 0.25) is 0 Å². The fourth-order valence-corrected chi connectivity index (χ4v) is 8.00. The van der Waals surface area contributed by atoms with Gasteiger partial charge < -0.3 is 19.3 Å². The topological polar surface area (TPSA) is 24.9 Å². The van der Waals surface area contributed by atoms with E-state index < -0.39 is 0 Å². The van der Waals surface area contributed by atoms with Crippen LogP contribution in [0.5, 0.6) is 23.0 Å². The molecule has 0 fully saturated rings. The molecule has 0 aromatic heterocycles. The van der Waals surface area contributed by atoms with Gasteiger partial charge in [0.15, 0.2) is 23.0 Å². The van der Waals surface area contributed by atoms with Crippen molar-refractivity contribution in [2.24, 2.45) is 0 Å². The number of benzene rings is 9. The molecular formula is C48H30N2O2. The number of anilines is 6. The second kappa shape index (κ2) is 11.2. The zero-order valence-corrected chi connectivity index (χ0v) is 28.0. The van der Waals surface area contributed by atoms with Crippen molar-refractivity contribution in [2.75, 3.05) is 9.80 Å². The third kappa shape index (κ3) is 4.41. The first-order valence-corrected chi connectivity index (χ1v) is 17.6. The third-order valence-electron chi connectivity index (χ3n) is 10.3. The normalized spacial score (nSPS) is 12.8. The zero-order valence-electron chi connectivity index (χ0n) is 28.0. The second-order valence-corrected chi connectivity index (χ2v) is 13.4. The quantitative estimate of drug-likeness (QED) is 0.175. The molecule has 0 unspecified atom stereocenters. The maximum Gasteiger partial charge on any atom is 0.151 e. The molecule has 0 N–H and O–H groups in total. The number of nitrogens with zero attached hydrogens (tertiary/aromatic N) is 2. The van der Waals surface area contributed by atoms with E-state index in [1.807, 2.05) is 48.5 Å². The van der Waals surface area contributed by atoms with E-state index in [1.54, 1.807) is 0 Å². The Bertz CT molecular complexity index is 2800. The van der Waals surface area contributed by atoms with Crippen molar-refractivity contribution in [1.29, 1.82) is 0 Å². The number of hydrogen-bond donors (Lipinski definition) is 0. The summed E-state index contributed by atoms with van der Waals surface area (Å²) in [5, 5.41) is 7.18. The van der Waals surface area contributed by atoms with Gasteiger partial charge in [0.1, 0.15) is 0 Å². The molecule has 0 bridgehead atoms. The van der Waals surface area contributed by atoms with Crippen molar-refractivity contribution in [3.05, 3.63) is 182 Å². The molecular weight excluding hydrogens is 637 g/mol. The maximum absolute atomic E-state index is 6.36. The van der Waals surface area contributed by atoms with Crippen molar-refractivity contribution in [1.82, 2.24) is 0 Å². The Kier molecular flexibility index (Phi) is 6.22. The molecule has 4 heteroatoms. The summed E-state index contributed by atoms with van der Waals surface area (Å²) in [5.74, 6) is 3.37. The predicted octanol–water partition coefficient (Wildman–Crippen LogP) is 14.0. The molecule has 0 atom stereocenters. The Hall–Kier alpha value is -7.04. The molecule has 0 amide bonds. The van der Waals surface area contributed by atoms with Gasteiger partial charge in [-0.2, -0.15) is 0 Å². The lowest BCUT2D eigenvalue weighted by molar-refractivity contribution is 0.477. The first-order valence-electron chi connectivity index (χ1n) is 17.6. The molecule has 0 spiro atoms. The Morgan fingerprint density at radius 1 is 0.308 bits per heavy atom. The van der Waals surface area contributed by atoms with Crippen LogP contribution in [-0.4, -0.2) is 0 Å². The molecule has 4 nitrogen and oxygen atoms in total. The monoisotopic (exact) mass is 666 g/mol. The molecule has 2 aliphatic heterocycles. The van der Waals surface area contributed by atoms with Crippen molar-refractivity contribution < 1.29 is 9.47 Å². The van der Waals surface area contributed by atoms with E-state index in [1.165, 1.54) is 43.4 Å². The minimum absolute atomic E-state index is 0.841. The van der Waals surface area contributed by atoms with Gasteiger partial charge in [-0.25, -0.2) is 0 Å². The van der Waals surface area contributed by atoms with E-state index in [-0.39, 0.29) is 0 Å². The van der Waals surface area contributed by atoms with Gasteiger partial charge >= 0.3 is 0 Å². The molecule has 2 heterocycles. The Morgan fingerprint density at radius 2 is 0.788 bits per heavy atom. The number of hydrogen-bond acceptors (Lipinski definition) is 4. The minimum Gasteiger partial charge on any atom is -0.453 e. The average Bonchev–Trinajstić information content (AvgIpc) is 3.20. The molecule has 9 aromatic carbocycles. The van der Waals surface area contributed by atoms with Crippen LogP contribution in [0.1, 0.15) is 0 Å². The summed E-state index contributed by atoms with van der Waals surface area (Å²) in [6, 6.07) is 64.5. The second-order valence-electron chi connectivity index (χ2n) is 13.4. The third-order valence-corrected chi connectivity index (χ3v) is 10.3. The van der Waals surface area contributed by atoms with E-state index >= 15 is 0 Å². The molecule has 0 saturated carbocycles. The van der Waals surface area contributed by atoms with Gasteiger partial charge in [-0.05, 0) is 128 Å². The smallest absolute Gasteiger partial charge is 0.151 e. The molecule has 52 heavy (non-hydrogen) atoms. The number of rotatable bonds is 3. The van der Waals surface area contributed by atoms with Crippen LogP contribution in [0.15, 0.2) is 182 Å². The zero-order chi connectivity index (χ0) is 34.2. The van der Waals surface area contributed by atoms with Crippen LogP contribution in [0, 0.1) is 0 Å². The van der Waals surface area contributed by atoms with Gasteiger partial charge in [-0.1, -0.05) is 97.1 Å². The summed E-state index contributed by atoms with van der Waals surface area (Å²) in [6.45, 7) is 0. The summed E-state index contributed by atoms with van der Waals surface area (Å²) in [4.78, 5) is 4.63. The van der Waals surface area contributed by atoms with Crippen LogP contribution < -0.4 is 19.3 Å². The van der Waals surface area contributed by atoms with Crippen LogP contribution >= 0.6 is 0 Å². The molecule has 0 saturated heterocycles. The molecule has 0 radical (unpaired) electrons. The maximum atomic E-state index is 6.36. The van der Waals surface area contributed by atoms with Crippen molar-refractivity contribution in [3.63, 3.8) is 0 Å². The summed E-state index contributed by atoms with van der Waals surface area (Å²) in [7, 11) is 0. The highest BCUT2D eigenvalue weighted by atomic mass is 16.5. The Morgan fingerprint density at radius 3 is 1.38 bits per heavy atom. The van der Waals surface area contributed by atoms with E-state index in [4.69, 9.17) is 9.47 Å². The SMILES string of the molecule is c1ccc2c(c1)Oc1ccccc1N2c1ccc2c(-c3ccc4ccccc4c3)c3cc(N4c5ccccc5Oc5ccccc54)ccc3cc2c1. The number of ether oxygens (including phenoxy) is 2. The van der Waals surface area contributed by atoms with Crippen LogP contribution in [0.25, 0.3) is 43.4 Å². The van der Waals surface area contributed by atoms with Crippen LogP contribution in [0.3, 0.4) is 0 Å². The van der Waals surface area contributed by atoms with E-state index in [0.717, 1.165) is 57.1 Å².